The van der Waals surface area contributed by atoms with Crippen molar-refractivity contribution in [3.63, 3.8) is 0 Å². The maximum atomic E-state index is 2.44. The summed E-state index contributed by atoms with van der Waals surface area (Å²) in [7, 11) is 0. The second-order valence-electron chi connectivity index (χ2n) is 18.0. The zero-order chi connectivity index (χ0) is 43.0. The Morgan fingerprint density at radius 1 is 0.212 bits per heavy atom. The number of benzene rings is 12. The first kappa shape index (κ1) is 35.7. The molecule has 0 amide bonds. The number of hydrogen-bond donors (Lipinski definition) is 0. The molecule has 12 aromatic carbocycles. The Morgan fingerprint density at radius 3 is 1.47 bits per heavy atom. The lowest BCUT2D eigenvalue weighted by molar-refractivity contribution is 1.18. The van der Waals surface area contributed by atoms with Crippen LogP contribution in [0.1, 0.15) is 0 Å². The fraction of sp³-hybridized carbons (Fsp3) is 0. The Morgan fingerprint density at radius 2 is 0.727 bits per heavy atom. The highest BCUT2D eigenvalue weighted by atomic mass is 15.0. The largest absolute Gasteiger partial charge is 0.309 e. The molecule has 0 unspecified atom stereocenters. The number of para-hydroxylation sites is 3. The molecule has 2 nitrogen and oxygen atoms in total. The minimum absolute atomic E-state index is 1.16. The third-order valence-corrected chi connectivity index (χ3v) is 14.6. The van der Waals surface area contributed by atoms with E-state index in [1.165, 1.54) is 137 Å². The third-order valence-electron chi connectivity index (χ3n) is 14.6. The van der Waals surface area contributed by atoms with Crippen LogP contribution in [0.2, 0.25) is 0 Å². The average molecular weight is 835 g/mol. The van der Waals surface area contributed by atoms with E-state index in [-0.39, 0.29) is 0 Å². The molecule has 0 saturated carbocycles. The van der Waals surface area contributed by atoms with Gasteiger partial charge in [-0.1, -0.05) is 152 Å². The number of rotatable bonds is 4. The topological polar surface area (TPSA) is 9.86 Å². The first-order valence-electron chi connectivity index (χ1n) is 22.9. The van der Waals surface area contributed by atoms with Gasteiger partial charge in [0.1, 0.15) is 0 Å². The summed E-state index contributed by atoms with van der Waals surface area (Å²) in [5, 5.41) is 15.3. The molecule has 0 bridgehead atoms. The second kappa shape index (κ2) is 13.4. The highest BCUT2D eigenvalue weighted by Crippen LogP contribution is 2.50. The van der Waals surface area contributed by atoms with E-state index in [1.54, 1.807) is 0 Å². The lowest BCUT2D eigenvalue weighted by Gasteiger charge is -2.12. The van der Waals surface area contributed by atoms with Gasteiger partial charge in [-0.2, -0.15) is 0 Å². The van der Waals surface area contributed by atoms with Crippen LogP contribution in [-0.4, -0.2) is 9.13 Å². The van der Waals surface area contributed by atoms with Gasteiger partial charge in [0.2, 0.25) is 0 Å². The second-order valence-corrected chi connectivity index (χ2v) is 18.0. The first-order valence-corrected chi connectivity index (χ1v) is 22.9. The molecule has 1 aliphatic carbocycles. The molecular formula is C64H38N2. The minimum atomic E-state index is 1.16. The normalized spacial score (nSPS) is 12.2. The lowest BCUT2D eigenvalue weighted by atomic mass is 9.94. The summed E-state index contributed by atoms with van der Waals surface area (Å²) in [4.78, 5) is 0. The van der Waals surface area contributed by atoms with Gasteiger partial charge in [-0.05, 0) is 166 Å². The van der Waals surface area contributed by atoms with Crippen LogP contribution in [0.25, 0.3) is 143 Å². The Balaban J connectivity index is 0.808. The van der Waals surface area contributed by atoms with Gasteiger partial charge in [-0.3, -0.25) is 0 Å². The van der Waals surface area contributed by atoms with Crippen LogP contribution >= 0.6 is 0 Å². The molecule has 14 aromatic rings. The molecule has 2 aromatic heterocycles. The maximum Gasteiger partial charge on any atom is 0.0541 e. The first-order chi connectivity index (χ1) is 32.7. The van der Waals surface area contributed by atoms with Crippen molar-refractivity contribution in [1.29, 1.82) is 0 Å². The van der Waals surface area contributed by atoms with Gasteiger partial charge in [0, 0.05) is 32.9 Å². The highest BCUT2D eigenvalue weighted by Gasteiger charge is 2.23. The molecule has 66 heavy (non-hydrogen) atoms. The van der Waals surface area contributed by atoms with Crippen molar-refractivity contribution in [3.05, 3.63) is 231 Å². The standard InChI is InChI=1S/C64H38N2/c1-2-12-46(13-3-1)65-60-19-8-6-15-52(60)57-36-41(25-31-62(57)65)42-26-32-63-58(37-42)53-16-7-9-20-61(53)66(63)47-27-30-50-45(34-47)22-21-44-33-39(23-28-49(44)50)40-24-29-51-55-18-10-17-54-48-14-5-4-11-43(48)38-59(64(54)55)56(51)35-40/h1-38H. The van der Waals surface area contributed by atoms with E-state index in [9.17, 15) is 0 Å². The van der Waals surface area contributed by atoms with Crippen LogP contribution in [0.5, 0.6) is 0 Å². The summed E-state index contributed by atoms with van der Waals surface area (Å²) in [5.74, 6) is 0. The van der Waals surface area contributed by atoms with E-state index in [0.29, 0.717) is 0 Å². The van der Waals surface area contributed by atoms with Crippen LogP contribution in [-0.2, 0) is 0 Å². The van der Waals surface area contributed by atoms with Gasteiger partial charge in [-0.25, -0.2) is 0 Å². The van der Waals surface area contributed by atoms with Crippen molar-refractivity contribution in [2.45, 2.75) is 0 Å². The van der Waals surface area contributed by atoms with Crippen LogP contribution in [0.3, 0.4) is 0 Å². The predicted molar refractivity (Wildman–Crippen MR) is 280 cm³/mol. The van der Waals surface area contributed by atoms with Crippen LogP contribution in [0.15, 0.2) is 231 Å². The van der Waals surface area contributed by atoms with Crippen molar-refractivity contribution in [3.8, 4) is 55.9 Å². The number of aromatic nitrogens is 2. The minimum Gasteiger partial charge on any atom is -0.309 e. The average Bonchev–Trinajstić information content (AvgIpc) is 4.01. The molecule has 0 fully saturated rings. The Hall–Kier alpha value is -8.72. The van der Waals surface area contributed by atoms with E-state index >= 15 is 0 Å². The Labute approximate surface area is 380 Å². The van der Waals surface area contributed by atoms with Gasteiger partial charge in [0.25, 0.3) is 0 Å². The van der Waals surface area contributed by atoms with Crippen LogP contribution < -0.4 is 0 Å². The van der Waals surface area contributed by atoms with Gasteiger partial charge in [0.05, 0.1) is 22.1 Å². The SMILES string of the molecule is c1ccc(-n2c3ccccc3c3cc(-c4ccc5c(c4)c4ccccc4n5-c4ccc5c(ccc6cc(-c7ccc8c(c7)-c7cc9ccccc9c9cccc-8c79)ccc65)c4)ccc32)cc1. The van der Waals surface area contributed by atoms with E-state index in [1.807, 2.05) is 0 Å². The van der Waals surface area contributed by atoms with Crippen molar-refractivity contribution in [2.24, 2.45) is 0 Å². The Kier molecular flexibility index (Phi) is 7.25. The Bertz CT molecular complexity index is 4390. The van der Waals surface area contributed by atoms with E-state index in [2.05, 4.69) is 240 Å². The molecule has 2 heteroatoms. The van der Waals surface area contributed by atoms with Crippen molar-refractivity contribution < 1.29 is 0 Å². The summed E-state index contributed by atoms with van der Waals surface area (Å²) in [6.07, 6.45) is 0. The number of fused-ring (bicyclic) bond motifs is 14. The number of nitrogens with zero attached hydrogens (tertiary/aromatic N) is 2. The van der Waals surface area contributed by atoms with E-state index in [0.717, 1.165) is 5.69 Å². The zero-order valence-electron chi connectivity index (χ0n) is 35.8. The van der Waals surface area contributed by atoms with Gasteiger partial charge in [0.15, 0.2) is 0 Å². The van der Waals surface area contributed by atoms with Crippen molar-refractivity contribution in [1.82, 2.24) is 9.13 Å². The molecule has 0 N–H and O–H groups in total. The van der Waals surface area contributed by atoms with Crippen LogP contribution in [0.4, 0.5) is 0 Å². The van der Waals surface area contributed by atoms with Gasteiger partial charge in [-0.15, -0.1) is 0 Å². The summed E-state index contributed by atoms with van der Waals surface area (Å²) in [5.41, 5.74) is 17.4. The fourth-order valence-electron chi connectivity index (χ4n) is 11.6. The fourth-order valence-corrected chi connectivity index (χ4v) is 11.6. The number of hydrogen-bond acceptors (Lipinski definition) is 0. The van der Waals surface area contributed by atoms with Crippen LogP contribution in [0, 0.1) is 0 Å². The summed E-state index contributed by atoms with van der Waals surface area (Å²) in [6, 6.07) is 85.8. The summed E-state index contributed by atoms with van der Waals surface area (Å²) >= 11 is 0. The molecule has 2 heterocycles. The molecule has 0 aliphatic heterocycles. The molecule has 0 saturated heterocycles. The molecule has 0 radical (unpaired) electrons. The molecule has 0 spiro atoms. The molecular weight excluding hydrogens is 797 g/mol. The molecule has 15 rings (SSSR count). The van der Waals surface area contributed by atoms with E-state index < -0.39 is 0 Å². The van der Waals surface area contributed by atoms with Gasteiger partial charge < -0.3 is 9.13 Å². The van der Waals surface area contributed by atoms with Crippen molar-refractivity contribution >= 4 is 86.7 Å². The summed E-state index contributed by atoms with van der Waals surface area (Å²) < 4.78 is 4.82. The quantitative estimate of drug-likeness (QED) is 0.156. The molecule has 304 valence electrons. The van der Waals surface area contributed by atoms with Crippen molar-refractivity contribution in [2.75, 3.05) is 0 Å². The maximum absolute atomic E-state index is 2.44. The third kappa shape index (κ3) is 5.01. The monoisotopic (exact) mass is 834 g/mol. The molecule has 1 aliphatic rings. The summed E-state index contributed by atoms with van der Waals surface area (Å²) in [6.45, 7) is 0. The molecule has 0 atom stereocenters. The van der Waals surface area contributed by atoms with E-state index in [4.69, 9.17) is 0 Å². The van der Waals surface area contributed by atoms with Gasteiger partial charge >= 0.3 is 0 Å². The zero-order valence-corrected chi connectivity index (χ0v) is 35.8. The smallest absolute Gasteiger partial charge is 0.0541 e. The highest BCUT2D eigenvalue weighted by molar-refractivity contribution is 6.24. The predicted octanol–water partition coefficient (Wildman–Crippen LogP) is 17.5. The lowest BCUT2D eigenvalue weighted by Crippen LogP contribution is -1.94.